The molecule has 134 valence electrons. The minimum absolute atomic E-state index is 0. The van der Waals surface area contributed by atoms with E-state index in [2.05, 4.69) is 121 Å². The quantitative estimate of drug-likeness (QED) is 0.250. The Bertz CT molecular complexity index is 842. The van der Waals surface area contributed by atoms with Gasteiger partial charge in [0.1, 0.15) is 23.2 Å². The van der Waals surface area contributed by atoms with Crippen LogP contribution in [0.1, 0.15) is 5.56 Å². The Hall–Kier alpha value is -1.96. The predicted molar refractivity (Wildman–Crippen MR) is 131 cm³/mol. The standard InChI is InChI=1S/C25H22P.HI/c1-5-13-22(14-6-1)21-26(23-15-7-2-8-16-23,24-17-9-3-10-18-24)25-19-11-4-12-20-25;/h1-20H,21H2;1H/q+1;. The van der Waals surface area contributed by atoms with Crippen LogP contribution >= 0.6 is 31.2 Å². The van der Waals surface area contributed by atoms with Gasteiger partial charge in [-0.15, -0.1) is 24.0 Å². The molecule has 0 unspecified atom stereocenters. The van der Waals surface area contributed by atoms with E-state index in [1.165, 1.54) is 21.5 Å². The SMILES string of the molecule is I.c1ccc(C[P+](c2ccccc2)(c2ccccc2)c2ccccc2)cc1. The van der Waals surface area contributed by atoms with Crippen LogP contribution in [0.3, 0.4) is 0 Å². The lowest BCUT2D eigenvalue weighted by molar-refractivity contribution is 1.39. The van der Waals surface area contributed by atoms with Crippen LogP contribution in [0, 0.1) is 0 Å². The lowest BCUT2D eigenvalue weighted by atomic mass is 10.2. The summed E-state index contributed by atoms with van der Waals surface area (Å²) >= 11 is 0. The van der Waals surface area contributed by atoms with Crippen molar-refractivity contribution in [2.75, 3.05) is 0 Å². The summed E-state index contributed by atoms with van der Waals surface area (Å²) in [6.45, 7) is 0. The van der Waals surface area contributed by atoms with Crippen LogP contribution in [0.2, 0.25) is 0 Å². The zero-order valence-electron chi connectivity index (χ0n) is 15.1. The third-order valence-corrected chi connectivity index (χ3v) is 9.23. The van der Waals surface area contributed by atoms with Gasteiger partial charge in [-0.3, -0.25) is 0 Å². The van der Waals surface area contributed by atoms with Crippen LogP contribution < -0.4 is 15.9 Å². The zero-order valence-corrected chi connectivity index (χ0v) is 18.3. The molecule has 0 aromatic heterocycles. The third-order valence-electron chi connectivity index (χ3n) is 4.85. The Balaban J connectivity index is 0.00000210. The van der Waals surface area contributed by atoms with Crippen LogP contribution in [0.15, 0.2) is 121 Å². The first-order chi connectivity index (χ1) is 12.9. The van der Waals surface area contributed by atoms with Crippen LogP contribution in [0.5, 0.6) is 0 Å². The number of hydrogen-bond donors (Lipinski definition) is 0. The summed E-state index contributed by atoms with van der Waals surface area (Å²) in [5.74, 6) is 0. The van der Waals surface area contributed by atoms with Crippen molar-refractivity contribution in [3.8, 4) is 0 Å². The average molecular weight is 481 g/mol. The highest BCUT2D eigenvalue weighted by molar-refractivity contribution is 14.0. The summed E-state index contributed by atoms with van der Waals surface area (Å²) in [6, 6.07) is 44.0. The van der Waals surface area contributed by atoms with Gasteiger partial charge in [0.05, 0.1) is 6.16 Å². The fourth-order valence-corrected chi connectivity index (χ4v) is 7.87. The Morgan fingerprint density at radius 3 is 1.04 bits per heavy atom. The average Bonchev–Trinajstić information content (AvgIpc) is 2.75. The van der Waals surface area contributed by atoms with Gasteiger partial charge in [-0.05, 0) is 42.0 Å². The molecular weight excluding hydrogens is 458 g/mol. The molecule has 0 aliphatic heterocycles. The molecule has 0 nitrogen and oxygen atoms in total. The van der Waals surface area contributed by atoms with Crippen molar-refractivity contribution in [1.29, 1.82) is 0 Å². The highest BCUT2D eigenvalue weighted by atomic mass is 127. The minimum atomic E-state index is -1.78. The molecule has 4 aromatic carbocycles. The molecule has 0 aliphatic rings. The minimum Gasteiger partial charge on any atom is -0.107 e. The van der Waals surface area contributed by atoms with E-state index in [-0.39, 0.29) is 24.0 Å². The maximum absolute atomic E-state index is 2.30. The van der Waals surface area contributed by atoms with E-state index in [0.717, 1.165) is 6.16 Å². The number of benzene rings is 4. The monoisotopic (exact) mass is 481 g/mol. The van der Waals surface area contributed by atoms with Crippen molar-refractivity contribution in [1.82, 2.24) is 0 Å². The lowest BCUT2D eigenvalue weighted by Gasteiger charge is -2.27. The van der Waals surface area contributed by atoms with Crippen LogP contribution in [-0.4, -0.2) is 0 Å². The maximum Gasteiger partial charge on any atom is 0.116 e. The number of halogens is 1. The van der Waals surface area contributed by atoms with Crippen LogP contribution in [-0.2, 0) is 6.16 Å². The molecule has 0 radical (unpaired) electrons. The van der Waals surface area contributed by atoms with Crippen molar-refractivity contribution in [2.45, 2.75) is 6.16 Å². The van der Waals surface area contributed by atoms with Gasteiger partial charge in [-0.1, -0.05) is 84.9 Å². The van der Waals surface area contributed by atoms with Crippen molar-refractivity contribution in [2.24, 2.45) is 0 Å². The molecule has 0 bridgehead atoms. The van der Waals surface area contributed by atoms with Gasteiger partial charge < -0.3 is 0 Å². The summed E-state index contributed by atoms with van der Waals surface area (Å²) in [5.41, 5.74) is 1.39. The molecule has 0 heterocycles. The second kappa shape index (κ2) is 9.30. The zero-order chi connectivity index (χ0) is 17.7. The molecule has 27 heavy (non-hydrogen) atoms. The Morgan fingerprint density at radius 2 is 0.704 bits per heavy atom. The van der Waals surface area contributed by atoms with Gasteiger partial charge in [-0.2, -0.15) is 0 Å². The summed E-state index contributed by atoms with van der Waals surface area (Å²) in [7, 11) is -1.78. The van der Waals surface area contributed by atoms with Gasteiger partial charge in [0.2, 0.25) is 0 Å². The molecule has 0 amide bonds. The maximum atomic E-state index is 2.30. The Labute approximate surface area is 179 Å². The predicted octanol–water partition coefficient (Wildman–Crippen LogP) is 5.80. The Morgan fingerprint density at radius 1 is 0.407 bits per heavy atom. The fourth-order valence-electron chi connectivity index (χ4n) is 3.63. The van der Waals surface area contributed by atoms with Crippen LogP contribution in [0.4, 0.5) is 0 Å². The second-order valence-electron chi connectivity index (χ2n) is 6.46. The normalized spacial score (nSPS) is 10.8. The van der Waals surface area contributed by atoms with Gasteiger partial charge in [0.25, 0.3) is 0 Å². The van der Waals surface area contributed by atoms with E-state index < -0.39 is 7.26 Å². The molecular formula is C25H23IP+. The molecule has 0 N–H and O–H groups in total. The largest absolute Gasteiger partial charge is 0.116 e. The molecule has 0 atom stereocenters. The number of hydrogen-bond acceptors (Lipinski definition) is 0. The first-order valence-electron chi connectivity index (χ1n) is 8.98. The summed E-state index contributed by atoms with van der Waals surface area (Å²) in [6.07, 6.45) is 1.03. The van der Waals surface area contributed by atoms with E-state index in [1.807, 2.05) is 0 Å². The van der Waals surface area contributed by atoms with E-state index in [1.54, 1.807) is 0 Å². The topological polar surface area (TPSA) is 0 Å². The smallest absolute Gasteiger partial charge is 0.107 e. The van der Waals surface area contributed by atoms with Crippen molar-refractivity contribution < 1.29 is 0 Å². The molecule has 0 spiro atoms. The molecule has 0 aliphatic carbocycles. The highest BCUT2D eigenvalue weighted by Crippen LogP contribution is 2.58. The van der Waals surface area contributed by atoms with E-state index in [4.69, 9.17) is 0 Å². The lowest BCUT2D eigenvalue weighted by Crippen LogP contribution is -2.32. The van der Waals surface area contributed by atoms with Crippen molar-refractivity contribution in [3.63, 3.8) is 0 Å². The van der Waals surface area contributed by atoms with Gasteiger partial charge in [0, 0.05) is 0 Å². The highest BCUT2D eigenvalue weighted by Gasteiger charge is 2.45. The van der Waals surface area contributed by atoms with Gasteiger partial charge in [0.15, 0.2) is 0 Å². The van der Waals surface area contributed by atoms with Gasteiger partial charge >= 0.3 is 0 Å². The summed E-state index contributed by atoms with van der Waals surface area (Å²) in [4.78, 5) is 0. The third kappa shape index (κ3) is 4.15. The molecule has 0 fully saturated rings. The van der Waals surface area contributed by atoms with Crippen molar-refractivity contribution >= 4 is 47.2 Å². The molecule has 0 saturated heterocycles. The molecule has 0 saturated carbocycles. The van der Waals surface area contributed by atoms with E-state index >= 15 is 0 Å². The van der Waals surface area contributed by atoms with E-state index in [9.17, 15) is 0 Å². The second-order valence-corrected chi connectivity index (χ2v) is 9.95. The first kappa shape index (κ1) is 19.8. The van der Waals surface area contributed by atoms with Crippen molar-refractivity contribution in [3.05, 3.63) is 127 Å². The molecule has 4 rings (SSSR count). The summed E-state index contributed by atoms with van der Waals surface area (Å²) < 4.78 is 0. The van der Waals surface area contributed by atoms with Gasteiger partial charge in [-0.25, -0.2) is 0 Å². The molecule has 2 heteroatoms. The number of rotatable bonds is 5. The van der Waals surface area contributed by atoms with E-state index in [0.29, 0.717) is 0 Å². The summed E-state index contributed by atoms with van der Waals surface area (Å²) in [5, 5.41) is 4.30. The fraction of sp³-hybridized carbons (Fsp3) is 0.0400. The first-order valence-corrected chi connectivity index (χ1v) is 11.0. The molecule has 4 aromatic rings. The Kier molecular flexibility index (Phi) is 6.82. The van der Waals surface area contributed by atoms with Crippen LogP contribution in [0.25, 0.3) is 0 Å².